The molecular weight excluding hydrogens is 376 g/mol. The zero-order valence-corrected chi connectivity index (χ0v) is 17.2. The number of hydrogen-bond donors (Lipinski definition) is 1. The van der Waals surface area contributed by atoms with Gasteiger partial charge in [0.25, 0.3) is 0 Å². The zero-order valence-electron chi connectivity index (χ0n) is 17.2. The van der Waals surface area contributed by atoms with Gasteiger partial charge in [0.15, 0.2) is 0 Å². The Morgan fingerprint density at radius 3 is 2.70 bits per heavy atom. The fourth-order valence-electron chi connectivity index (χ4n) is 3.83. The van der Waals surface area contributed by atoms with E-state index in [1.807, 2.05) is 4.90 Å². The number of hydrogen-bond acceptors (Lipinski definition) is 5. The first-order valence-electron chi connectivity index (χ1n) is 10.6. The van der Waals surface area contributed by atoms with Crippen LogP contribution in [0.15, 0.2) is 48.8 Å². The molecule has 0 atom stereocenters. The highest BCUT2D eigenvalue weighted by Gasteiger charge is 2.32. The molecule has 0 unspecified atom stereocenters. The van der Waals surface area contributed by atoms with Gasteiger partial charge in [-0.25, -0.2) is 9.97 Å². The van der Waals surface area contributed by atoms with E-state index in [0.717, 1.165) is 46.3 Å². The molecule has 2 fully saturated rings. The summed E-state index contributed by atoms with van der Waals surface area (Å²) in [6.45, 7) is 0.753. The van der Waals surface area contributed by atoms with Gasteiger partial charge in [0.05, 0.1) is 5.52 Å². The molecule has 2 aliphatic rings. The standard InChI is InChI=1S/C24H26N4O2/c1-30-14-23(29)28(20-8-9-20)13-16-3-2-4-17(11-16)18-5-10-22-21(12-18)24(26-15-25-22)27-19-6-7-19/h2-5,10-12,15,19-20H,6-9,13-14H2,1H3,(H,25,26,27). The van der Waals surface area contributed by atoms with Crippen LogP contribution in [-0.2, 0) is 16.1 Å². The maximum absolute atomic E-state index is 12.4. The van der Waals surface area contributed by atoms with Gasteiger partial charge in [0.2, 0.25) is 5.91 Å². The number of fused-ring (bicyclic) bond motifs is 1. The number of rotatable bonds is 8. The monoisotopic (exact) mass is 402 g/mol. The zero-order chi connectivity index (χ0) is 20.5. The molecule has 5 rings (SSSR count). The van der Waals surface area contributed by atoms with Crippen molar-refractivity contribution in [2.45, 2.75) is 44.3 Å². The first-order valence-corrected chi connectivity index (χ1v) is 10.6. The maximum atomic E-state index is 12.4. The summed E-state index contributed by atoms with van der Waals surface area (Å²) < 4.78 is 5.07. The third-order valence-electron chi connectivity index (χ3n) is 5.74. The van der Waals surface area contributed by atoms with Gasteiger partial charge in [-0.1, -0.05) is 24.3 Å². The molecule has 1 amide bonds. The van der Waals surface area contributed by atoms with Crippen LogP contribution in [0.5, 0.6) is 0 Å². The minimum absolute atomic E-state index is 0.0593. The number of aromatic nitrogens is 2. The maximum Gasteiger partial charge on any atom is 0.249 e. The van der Waals surface area contributed by atoms with Gasteiger partial charge in [-0.15, -0.1) is 0 Å². The Morgan fingerprint density at radius 2 is 1.93 bits per heavy atom. The average Bonchev–Trinajstić information content (AvgIpc) is 3.67. The van der Waals surface area contributed by atoms with Crippen LogP contribution < -0.4 is 5.32 Å². The molecule has 0 aliphatic heterocycles. The molecule has 2 aromatic carbocycles. The molecule has 3 aromatic rings. The lowest BCUT2D eigenvalue weighted by molar-refractivity contribution is -0.136. The van der Waals surface area contributed by atoms with Gasteiger partial charge in [0.1, 0.15) is 18.8 Å². The van der Waals surface area contributed by atoms with E-state index in [0.29, 0.717) is 18.6 Å². The quantitative estimate of drug-likeness (QED) is 0.617. The Morgan fingerprint density at radius 1 is 1.10 bits per heavy atom. The number of carbonyl (C=O) groups excluding carboxylic acids is 1. The molecule has 6 nitrogen and oxygen atoms in total. The molecule has 1 N–H and O–H groups in total. The smallest absolute Gasteiger partial charge is 0.249 e. The molecule has 2 aliphatic carbocycles. The van der Waals surface area contributed by atoms with Crippen molar-refractivity contribution in [3.8, 4) is 11.1 Å². The van der Waals surface area contributed by atoms with Crippen LogP contribution in [0.25, 0.3) is 22.0 Å². The van der Waals surface area contributed by atoms with Crippen LogP contribution in [0.2, 0.25) is 0 Å². The summed E-state index contributed by atoms with van der Waals surface area (Å²) in [6, 6.07) is 15.6. The van der Waals surface area contributed by atoms with E-state index >= 15 is 0 Å². The number of ether oxygens (including phenoxy) is 1. The highest BCUT2D eigenvalue weighted by molar-refractivity contribution is 5.92. The lowest BCUT2D eigenvalue weighted by Crippen LogP contribution is -2.35. The van der Waals surface area contributed by atoms with Crippen LogP contribution in [0.3, 0.4) is 0 Å². The van der Waals surface area contributed by atoms with Crippen molar-refractivity contribution in [1.82, 2.24) is 14.9 Å². The highest BCUT2D eigenvalue weighted by atomic mass is 16.5. The summed E-state index contributed by atoms with van der Waals surface area (Å²) >= 11 is 0. The Kier molecular flexibility index (Phi) is 5.09. The third kappa shape index (κ3) is 4.14. The Bertz CT molecular complexity index is 1080. The van der Waals surface area contributed by atoms with Crippen molar-refractivity contribution in [1.29, 1.82) is 0 Å². The van der Waals surface area contributed by atoms with Crippen molar-refractivity contribution < 1.29 is 9.53 Å². The molecule has 30 heavy (non-hydrogen) atoms. The highest BCUT2D eigenvalue weighted by Crippen LogP contribution is 2.32. The molecule has 0 bridgehead atoms. The fourth-order valence-corrected chi connectivity index (χ4v) is 3.83. The van der Waals surface area contributed by atoms with Crippen molar-refractivity contribution in [3.63, 3.8) is 0 Å². The molecule has 0 spiro atoms. The number of methoxy groups -OCH3 is 1. The average molecular weight is 402 g/mol. The van der Waals surface area contributed by atoms with E-state index in [4.69, 9.17) is 4.74 Å². The summed E-state index contributed by atoms with van der Waals surface area (Å²) in [5.41, 5.74) is 4.33. The van der Waals surface area contributed by atoms with E-state index in [2.05, 4.69) is 57.7 Å². The number of anilines is 1. The van der Waals surface area contributed by atoms with Crippen LogP contribution in [0.1, 0.15) is 31.2 Å². The molecule has 2 saturated carbocycles. The first-order chi connectivity index (χ1) is 14.7. The topological polar surface area (TPSA) is 67.3 Å². The van der Waals surface area contributed by atoms with Crippen molar-refractivity contribution in [3.05, 3.63) is 54.4 Å². The van der Waals surface area contributed by atoms with E-state index in [-0.39, 0.29) is 12.5 Å². The lowest BCUT2D eigenvalue weighted by Gasteiger charge is -2.22. The first kappa shape index (κ1) is 19.0. The number of benzene rings is 2. The second-order valence-electron chi connectivity index (χ2n) is 8.26. The summed E-state index contributed by atoms with van der Waals surface area (Å²) in [5, 5.41) is 4.56. The van der Waals surface area contributed by atoms with E-state index in [1.54, 1.807) is 13.4 Å². The van der Waals surface area contributed by atoms with Crippen LogP contribution in [0.4, 0.5) is 5.82 Å². The van der Waals surface area contributed by atoms with E-state index in [1.165, 1.54) is 12.8 Å². The molecule has 6 heteroatoms. The minimum Gasteiger partial charge on any atom is -0.375 e. The number of nitrogens with one attached hydrogen (secondary N) is 1. The summed E-state index contributed by atoms with van der Waals surface area (Å²) in [7, 11) is 1.57. The van der Waals surface area contributed by atoms with E-state index < -0.39 is 0 Å². The summed E-state index contributed by atoms with van der Waals surface area (Å²) in [6.07, 6.45) is 6.18. The SMILES string of the molecule is COCC(=O)N(Cc1cccc(-c2ccc3ncnc(NC4CC4)c3c2)c1)C1CC1. The normalized spacial score (nSPS) is 15.9. The van der Waals surface area contributed by atoms with Gasteiger partial charge >= 0.3 is 0 Å². The molecule has 0 saturated heterocycles. The minimum atomic E-state index is 0.0593. The summed E-state index contributed by atoms with van der Waals surface area (Å²) in [4.78, 5) is 23.3. The van der Waals surface area contributed by atoms with Crippen molar-refractivity contribution in [2.75, 3.05) is 19.0 Å². The van der Waals surface area contributed by atoms with Gasteiger partial charge in [-0.2, -0.15) is 0 Å². The van der Waals surface area contributed by atoms with Crippen LogP contribution >= 0.6 is 0 Å². The molecule has 1 aromatic heterocycles. The fraction of sp³-hybridized carbons (Fsp3) is 0.375. The predicted molar refractivity (Wildman–Crippen MR) is 117 cm³/mol. The molecular formula is C24H26N4O2. The van der Waals surface area contributed by atoms with Gasteiger partial charge < -0.3 is 15.0 Å². The Balaban J connectivity index is 1.43. The lowest BCUT2D eigenvalue weighted by atomic mass is 10.0. The van der Waals surface area contributed by atoms with Gasteiger partial charge in [-0.3, -0.25) is 4.79 Å². The number of nitrogens with zero attached hydrogens (tertiary/aromatic N) is 3. The van der Waals surface area contributed by atoms with Crippen molar-refractivity contribution >= 4 is 22.6 Å². The van der Waals surface area contributed by atoms with Crippen LogP contribution in [0, 0.1) is 0 Å². The van der Waals surface area contributed by atoms with Gasteiger partial charge in [0, 0.05) is 31.1 Å². The van der Waals surface area contributed by atoms with Crippen LogP contribution in [-0.4, -0.2) is 46.6 Å². The largest absolute Gasteiger partial charge is 0.375 e. The Hall–Kier alpha value is -2.99. The van der Waals surface area contributed by atoms with E-state index in [9.17, 15) is 4.79 Å². The Labute approximate surface area is 176 Å². The second kappa shape index (κ2) is 8.03. The predicted octanol–water partition coefficient (Wildman–Crippen LogP) is 4.01. The van der Waals surface area contributed by atoms with Gasteiger partial charge in [-0.05, 0) is 60.6 Å². The second-order valence-corrected chi connectivity index (χ2v) is 8.26. The van der Waals surface area contributed by atoms with Crippen molar-refractivity contribution in [2.24, 2.45) is 0 Å². The molecule has 0 radical (unpaired) electrons. The summed E-state index contributed by atoms with van der Waals surface area (Å²) in [5.74, 6) is 0.967. The molecule has 1 heterocycles. The third-order valence-corrected chi connectivity index (χ3v) is 5.74. The molecule has 154 valence electrons. The number of amides is 1. The number of carbonyl (C=O) groups is 1.